The first-order chi connectivity index (χ1) is 10.3. The maximum absolute atomic E-state index is 11.7. The van der Waals surface area contributed by atoms with E-state index in [-0.39, 0.29) is 5.97 Å². The summed E-state index contributed by atoms with van der Waals surface area (Å²) in [5.41, 5.74) is 1.40. The fraction of sp³-hybridized carbons (Fsp3) is 0.611. The van der Waals surface area contributed by atoms with Crippen LogP contribution in [-0.4, -0.2) is 29.6 Å². The standard InChI is InChI=1S/C18H25NO2/c1-2-21-18(20)12-15-10-16-8-9-17(11-15)19(16)13-14-6-4-3-5-7-14/h3-7,15-17H,2,8-13H2,1H3. The van der Waals surface area contributed by atoms with Crippen molar-refractivity contribution in [3.8, 4) is 0 Å². The summed E-state index contributed by atoms with van der Waals surface area (Å²) in [6.07, 6.45) is 5.50. The number of rotatable bonds is 5. The highest BCUT2D eigenvalue weighted by Gasteiger charge is 2.40. The normalized spacial score (nSPS) is 28.5. The van der Waals surface area contributed by atoms with Crippen LogP contribution in [0.1, 0.15) is 44.6 Å². The van der Waals surface area contributed by atoms with Gasteiger partial charge >= 0.3 is 5.97 Å². The second-order valence-corrected chi connectivity index (χ2v) is 6.39. The van der Waals surface area contributed by atoms with E-state index in [1.54, 1.807) is 0 Å². The van der Waals surface area contributed by atoms with Crippen molar-refractivity contribution in [1.82, 2.24) is 4.90 Å². The Hall–Kier alpha value is -1.35. The largest absolute Gasteiger partial charge is 0.466 e. The van der Waals surface area contributed by atoms with Crippen LogP contribution in [0.25, 0.3) is 0 Å². The van der Waals surface area contributed by atoms with Gasteiger partial charge in [-0.15, -0.1) is 0 Å². The fourth-order valence-corrected chi connectivity index (χ4v) is 4.06. The number of esters is 1. The summed E-state index contributed by atoms with van der Waals surface area (Å²) < 4.78 is 5.11. The lowest BCUT2D eigenvalue weighted by Crippen LogP contribution is -2.42. The molecule has 2 aliphatic rings. The molecule has 0 spiro atoms. The number of carbonyl (C=O) groups excluding carboxylic acids is 1. The molecule has 0 aliphatic carbocycles. The summed E-state index contributed by atoms with van der Waals surface area (Å²) in [7, 11) is 0. The molecule has 0 aromatic heterocycles. The van der Waals surface area contributed by atoms with Gasteiger partial charge in [0.05, 0.1) is 6.61 Å². The summed E-state index contributed by atoms with van der Waals surface area (Å²) in [6, 6.07) is 12.0. The third-order valence-electron chi connectivity index (χ3n) is 4.95. The van der Waals surface area contributed by atoms with E-state index >= 15 is 0 Å². The zero-order valence-corrected chi connectivity index (χ0v) is 12.8. The van der Waals surface area contributed by atoms with Crippen molar-refractivity contribution in [2.45, 2.75) is 57.7 Å². The van der Waals surface area contributed by atoms with Crippen LogP contribution in [0.2, 0.25) is 0 Å². The zero-order chi connectivity index (χ0) is 14.7. The van der Waals surface area contributed by atoms with Gasteiger partial charge in [-0.2, -0.15) is 0 Å². The Kier molecular flexibility index (Phi) is 4.59. The molecule has 3 nitrogen and oxygen atoms in total. The van der Waals surface area contributed by atoms with Gasteiger partial charge in [0.1, 0.15) is 0 Å². The SMILES string of the molecule is CCOC(=O)CC1CC2CCC(C1)N2Cc1ccccc1. The van der Waals surface area contributed by atoms with E-state index in [9.17, 15) is 4.79 Å². The highest BCUT2D eigenvalue weighted by Crippen LogP contribution is 2.40. The fourth-order valence-electron chi connectivity index (χ4n) is 4.06. The monoisotopic (exact) mass is 287 g/mol. The lowest BCUT2D eigenvalue weighted by Gasteiger charge is -2.38. The highest BCUT2D eigenvalue weighted by molar-refractivity contribution is 5.69. The van der Waals surface area contributed by atoms with Gasteiger partial charge in [0.2, 0.25) is 0 Å². The molecule has 0 saturated carbocycles. The number of ether oxygens (including phenoxy) is 1. The minimum Gasteiger partial charge on any atom is -0.466 e. The maximum Gasteiger partial charge on any atom is 0.306 e. The number of fused-ring (bicyclic) bond motifs is 2. The third-order valence-corrected chi connectivity index (χ3v) is 4.95. The van der Waals surface area contributed by atoms with Crippen molar-refractivity contribution in [3.63, 3.8) is 0 Å². The zero-order valence-electron chi connectivity index (χ0n) is 12.8. The molecule has 0 amide bonds. The number of benzene rings is 1. The first kappa shape index (κ1) is 14.6. The second-order valence-electron chi connectivity index (χ2n) is 6.39. The van der Waals surface area contributed by atoms with E-state index in [1.807, 2.05) is 6.92 Å². The Labute approximate surface area is 127 Å². The van der Waals surface area contributed by atoms with E-state index < -0.39 is 0 Å². The number of hydrogen-bond acceptors (Lipinski definition) is 3. The maximum atomic E-state index is 11.7. The van der Waals surface area contributed by atoms with E-state index in [0.29, 0.717) is 31.0 Å². The van der Waals surface area contributed by atoms with Gasteiger partial charge in [0.25, 0.3) is 0 Å². The van der Waals surface area contributed by atoms with Gasteiger partial charge in [-0.1, -0.05) is 30.3 Å². The number of hydrogen-bond donors (Lipinski definition) is 0. The summed E-state index contributed by atoms with van der Waals surface area (Å²) in [4.78, 5) is 14.3. The molecule has 114 valence electrons. The topological polar surface area (TPSA) is 29.5 Å². The van der Waals surface area contributed by atoms with Crippen LogP contribution >= 0.6 is 0 Å². The quantitative estimate of drug-likeness (QED) is 0.778. The lowest BCUT2D eigenvalue weighted by atomic mass is 9.88. The molecule has 2 atom stereocenters. The minimum absolute atomic E-state index is 0.0154. The van der Waals surface area contributed by atoms with Crippen LogP contribution in [0, 0.1) is 5.92 Å². The smallest absolute Gasteiger partial charge is 0.306 e. The Morgan fingerprint density at radius 2 is 1.86 bits per heavy atom. The van der Waals surface area contributed by atoms with Gasteiger partial charge in [-0.25, -0.2) is 0 Å². The van der Waals surface area contributed by atoms with Crippen LogP contribution in [0.15, 0.2) is 30.3 Å². The van der Waals surface area contributed by atoms with Gasteiger partial charge in [0.15, 0.2) is 0 Å². The second kappa shape index (κ2) is 6.61. The molecule has 0 N–H and O–H groups in total. The van der Waals surface area contributed by atoms with E-state index in [0.717, 1.165) is 19.4 Å². The lowest BCUT2D eigenvalue weighted by molar-refractivity contribution is -0.144. The molecule has 21 heavy (non-hydrogen) atoms. The Morgan fingerprint density at radius 1 is 1.19 bits per heavy atom. The van der Waals surface area contributed by atoms with Crippen molar-refractivity contribution >= 4 is 5.97 Å². The molecule has 1 aromatic rings. The molecule has 2 fully saturated rings. The molecule has 1 aromatic carbocycles. The first-order valence-electron chi connectivity index (χ1n) is 8.21. The average molecular weight is 287 g/mol. The highest BCUT2D eigenvalue weighted by atomic mass is 16.5. The van der Waals surface area contributed by atoms with E-state index in [4.69, 9.17) is 4.74 Å². The van der Waals surface area contributed by atoms with Gasteiger partial charge in [0, 0.05) is 25.0 Å². The summed E-state index contributed by atoms with van der Waals surface area (Å²) >= 11 is 0. The molecule has 2 unspecified atom stereocenters. The summed E-state index contributed by atoms with van der Waals surface area (Å²) in [5, 5.41) is 0. The molecule has 2 bridgehead atoms. The number of carbonyl (C=O) groups is 1. The van der Waals surface area contributed by atoms with E-state index in [2.05, 4.69) is 35.2 Å². The Morgan fingerprint density at radius 3 is 2.48 bits per heavy atom. The van der Waals surface area contributed by atoms with Crippen molar-refractivity contribution in [2.24, 2.45) is 5.92 Å². The molecule has 3 rings (SSSR count). The van der Waals surface area contributed by atoms with Crippen molar-refractivity contribution in [3.05, 3.63) is 35.9 Å². The molecule has 2 heterocycles. The average Bonchev–Trinajstić information content (AvgIpc) is 2.71. The van der Waals surface area contributed by atoms with Crippen LogP contribution in [0.4, 0.5) is 0 Å². The van der Waals surface area contributed by atoms with Crippen LogP contribution in [-0.2, 0) is 16.1 Å². The van der Waals surface area contributed by atoms with Crippen LogP contribution in [0.3, 0.4) is 0 Å². The Balaban J connectivity index is 1.58. The summed E-state index contributed by atoms with van der Waals surface area (Å²) in [5.74, 6) is 0.506. The van der Waals surface area contributed by atoms with Crippen LogP contribution < -0.4 is 0 Å². The number of piperidine rings is 1. The first-order valence-corrected chi connectivity index (χ1v) is 8.21. The van der Waals surface area contributed by atoms with Crippen LogP contribution in [0.5, 0.6) is 0 Å². The van der Waals surface area contributed by atoms with Crippen molar-refractivity contribution < 1.29 is 9.53 Å². The molecule has 2 saturated heterocycles. The summed E-state index contributed by atoms with van der Waals surface area (Å²) in [6.45, 7) is 3.44. The van der Waals surface area contributed by atoms with Crippen molar-refractivity contribution in [1.29, 1.82) is 0 Å². The van der Waals surface area contributed by atoms with Gasteiger partial charge < -0.3 is 4.74 Å². The van der Waals surface area contributed by atoms with Crippen molar-refractivity contribution in [2.75, 3.05) is 6.61 Å². The molecule has 0 radical (unpaired) electrons. The third kappa shape index (κ3) is 3.46. The van der Waals surface area contributed by atoms with Gasteiger partial charge in [-0.05, 0) is 44.1 Å². The predicted octanol–water partition coefficient (Wildman–Crippen LogP) is 3.38. The molecule has 2 aliphatic heterocycles. The molecular weight excluding hydrogens is 262 g/mol. The Bertz CT molecular complexity index is 459. The predicted molar refractivity (Wildman–Crippen MR) is 82.8 cm³/mol. The minimum atomic E-state index is -0.0154. The number of nitrogens with zero attached hydrogens (tertiary/aromatic N) is 1. The van der Waals surface area contributed by atoms with E-state index in [1.165, 1.54) is 18.4 Å². The molecular formula is C18H25NO2. The van der Waals surface area contributed by atoms with Gasteiger partial charge in [-0.3, -0.25) is 9.69 Å². The molecule has 3 heteroatoms.